The van der Waals surface area contributed by atoms with Crippen LogP contribution in [0.5, 0.6) is 0 Å². The number of aliphatic hydroxyl groups excluding tert-OH is 1. The van der Waals surface area contributed by atoms with E-state index in [9.17, 15) is 31.5 Å². The number of hydrogen-bond donors (Lipinski definition) is 2. The zero-order chi connectivity index (χ0) is 23.7. The molecule has 1 aliphatic heterocycles. The van der Waals surface area contributed by atoms with Gasteiger partial charge in [0.2, 0.25) is 15.9 Å². The van der Waals surface area contributed by atoms with Gasteiger partial charge in [0.15, 0.2) is 5.06 Å². The molecule has 32 heavy (non-hydrogen) atoms. The van der Waals surface area contributed by atoms with Gasteiger partial charge in [-0.2, -0.15) is 4.31 Å². The van der Waals surface area contributed by atoms with Gasteiger partial charge in [-0.1, -0.05) is 48.0 Å². The number of piperidine rings is 1. The van der Waals surface area contributed by atoms with Crippen LogP contribution in [0.4, 0.5) is 13.2 Å². The summed E-state index contributed by atoms with van der Waals surface area (Å²) in [5.41, 5.74) is 0.482. The molecule has 1 heterocycles. The van der Waals surface area contributed by atoms with Crippen LogP contribution in [-0.4, -0.2) is 60.1 Å². The molecule has 3 atom stereocenters. The molecule has 0 bridgehead atoms. The van der Waals surface area contributed by atoms with Gasteiger partial charge in [-0.15, -0.1) is 13.2 Å². The Labute approximate surface area is 188 Å². The van der Waals surface area contributed by atoms with Gasteiger partial charge in [-0.05, 0) is 24.5 Å². The first-order valence-corrected chi connectivity index (χ1v) is 11.9. The fraction of sp³-hybridized carbons (Fsp3) is 0.450. The number of sulfonamides is 1. The Bertz CT molecular complexity index is 1030. The zero-order valence-electron chi connectivity index (χ0n) is 17.0. The van der Waals surface area contributed by atoms with Gasteiger partial charge in [0.1, 0.15) is 6.04 Å². The lowest BCUT2D eigenvalue weighted by Gasteiger charge is -2.37. The highest BCUT2D eigenvalue weighted by molar-refractivity contribution is 7.88. The first kappa shape index (κ1) is 24.7. The number of allylic oxidation sites excluding steroid dienone is 2. The molecule has 12 heteroatoms. The van der Waals surface area contributed by atoms with Crippen molar-refractivity contribution in [3.63, 3.8) is 0 Å². The molecule has 1 saturated heterocycles. The maximum Gasteiger partial charge on any atom is 0.524 e. The zero-order valence-corrected chi connectivity index (χ0v) is 18.5. The van der Waals surface area contributed by atoms with E-state index in [1.807, 2.05) is 0 Å². The number of carbonyl (C=O) groups is 1. The second kappa shape index (κ2) is 9.14. The predicted octanol–water partition coefficient (Wildman–Crippen LogP) is 2.73. The summed E-state index contributed by atoms with van der Waals surface area (Å²) in [4.78, 5) is 12.8. The van der Waals surface area contributed by atoms with Crippen LogP contribution in [0.1, 0.15) is 24.8 Å². The first-order chi connectivity index (χ1) is 14.8. The van der Waals surface area contributed by atoms with E-state index in [4.69, 9.17) is 11.6 Å². The molecular weight excluding hydrogens is 473 g/mol. The number of carbonyl (C=O) groups excluding carboxylic acids is 1. The highest BCUT2D eigenvalue weighted by Gasteiger charge is 2.47. The Kier molecular flexibility index (Phi) is 7.06. The Balaban J connectivity index is 1.89. The van der Waals surface area contributed by atoms with Crippen molar-refractivity contribution in [1.82, 2.24) is 9.62 Å². The van der Waals surface area contributed by atoms with Gasteiger partial charge in [-0.25, -0.2) is 8.42 Å². The van der Waals surface area contributed by atoms with Crippen molar-refractivity contribution in [2.45, 2.75) is 42.8 Å². The van der Waals surface area contributed by atoms with Crippen LogP contribution in [0.15, 0.2) is 48.2 Å². The van der Waals surface area contributed by atoms with Crippen molar-refractivity contribution in [3.05, 3.63) is 53.7 Å². The summed E-state index contributed by atoms with van der Waals surface area (Å²) < 4.78 is 68.7. The molecule has 1 amide bonds. The van der Waals surface area contributed by atoms with Gasteiger partial charge in [0.25, 0.3) is 0 Å². The van der Waals surface area contributed by atoms with Crippen molar-refractivity contribution in [2.75, 3.05) is 12.8 Å². The van der Waals surface area contributed by atoms with Crippen molar-refractivity contribution in [2.24, 2.45) is 0 Å². The lowest BCUT2D eigenvalue weighted by atomic mass is 9.92. The smallest absolute Gasteiger partial charge is 0.393 e. The summed E-state index contributed by atoms with van der Waals surface area (Å²) in [6, 6.07) is 6.91. The Morgan fingerprint density at radius 1 is 1.28 bits per heavy atom. The van der Waals surface area contributed by atoms with Crippen molar-refractivity contribution >= 4 is 33.1 Å². The number of benzene rings is 1. The minimum absolute atomic E-state index is 0.0162. The van der Waals surface area contributed by atoms with Crippen LogP contribution in [0.25, 0.3) is 5.57 Å². The van der Waals surface area contributed by atoms with E-state index in [-0.39, 0.29) is 30.7 Å². The molecule has 1 aromatic carbocycles. The Hall–Kier alpha value is -1.92. The third-order valence-electron chi connectivity index (χ3n) is 5.17. The molecule has 2 aliphatic rings. The standard InChI is InChI=1S/C20H22ClF3N2O5S/c1-32(29,30)26-10-9-15(27)11-17(26)18(28)25-14-7-8-16(13-5-3-2-4-6-13)19(21,12-14)31-20(22,23)24/h2-8,15,17,27H,9-12H2,1H3,(H,25,28)/t15-,17+,19?/m0/s1. The maximum absolute atomic E-state index is 13.1. The van der Waals surface area contributed by atoms with Crippen molar-refractivity contribution in [1.29, 1.82) is 0 Å². The lowest BCUT2D eigenvalue weighted by Crippen LogP contribution is -2.54. The summed E-state index contributed by atoms with van der Waals surface area (Å²) >= 11 is 6.30. The summed E-state index contributed by atoms with van der Waals surface area (Å²) in [5, 5.41) is 10.0. The average molecular weight is 495 g/mol. The fourth-order valence-electron chi connectivity index (χ4n) is 3.80. The van der Waals surface area contributed by atoms with Crippen LogP contribution >= 0.6 is 11.6 Å². The second-order valence-electron chi connectivity index (χ2n) is 7.65. The number of amides is 1. The van der Waals surface area contributed by atoms with Crippen LogP contribution in [-0.2, 0) is 19.6 Å². The van der Waals surface area contributed by atoms with E-state index in [2.05, 4.69) is 10.1 Å². The number of hydrogen-bond acceptors (Lipinski definition) is 5. The number of ether oxygens (including phenoxy) is 1. The normalized spacial score (nSPS) is 27.4. The third-order valence-corrected chi connectivity index (χ3v) is 6.87. The third kappa shape index (κ3) is 5.90. The molecule has 3 rings (SSSR count). The number of nitrogens with one attached hydrogen (secondary N) is 1. The van der Waals surface area contributed by atoms with Gasteiger partial charge in [0.05, 0.1) is 12.4 Å². The molecule has 1 aromatic rings. The molecule has 0 saturated carbocycles. The number of nitrogens with zero attached hydrogens (tertiary/aromatic N) is 1. The van der Waals surface area contributed by atoms with E-state index < -0.39 is 45.9 Å². The molecule has 1 unspecified atom stereocenters. The largest absolute Gasteiger partial charge is 0.524 e. The molecule has 1 aliphatic carbocycles. The van der Waals surface area contributed by atoms with Gasteiger partial charge in [-0.3, -0.25) is 9.53 Å². The van der Waals surface area contributed by atoms with Crippen LogP contribution in [0, 0.1) is 0 Å². The van der Waals surface area contributed by atoms with Crippen molar-refractivity contribution in [3.8, 4) is 0 Å². The SMILES string of the molecule is CS(=O)(=O)N1CC[C@H](O)C[C@@H]1C(=O)NC1=CC=C(c2ccccc2)C(Cl)(OC(F)(F)F)C1. The van der Waals surface area contributed by atoms with E-state index in [0.29, 0.717) is 5.56 Å². The molecule has 0 radical (unpaired) electrons. The Morgan fingerprint density at radius 2 is 1.94 bits per heavy atom. The van der Waals surface area contributed by atoms with E-state index in [1.54, 1.807) is 30.3 Å². The first-order valence-electron chi connectivity index (χ1n) is 9.67. The van der Waals surface area contributed by atoms with Crippen LogP contribution in [0.2, 0.25) is 0 Å². The molecule has 1 fully saturated rings. The highest BCUT2D eigenvalue weighted by Crippen LogP contribution is 2.45. The summed E-state index contributed by atoms with van der Waals surface area (Å²) in [5.74, 6) is -0.775. The van der Waals surface area contributed by atoms with E-state index in [1.165, 1.54) is 12.2 Å². The molecular formula is C20H22ClF3N2O5S. The quantitative estimate of drug-likeness (QED) is 0.614. The molecule has 2 N–H and O–H groups in total. The summed E-state index contributed by atoms with van der Waals surface area (Å²) in [6.07, 6.45) is -2.77. The number of halogens is 4. The molecule has 7 nitrogen and oxygen atoms in total. The minimum atomic E-state index is -5.05. The summed E-state index contributed by atoms with van der Waals surface area (Å²) in [7, 11) is -3.75. The maximum atomic E-state index is 13.1. The molecule has 0 aromatic heterocycles. The molecule has 176 valence electrons. The van der Waals surface area contributed by atoms with E-state index >= 15 is 0 Å². The van der Waals surface area contributed by atoms with E-state index in [0.717, 1.165) is 10.6 Å². The lowest BCUT2D eigenvalue weighted by molar-refractivity contribution is -0.342. The van der Waals surface area contributed by atoms with Crippen LogP contribution in [0.3, 0.4) is 0 Å². The van der Waals surface area contributed by atoms with Gasteiger partial charge < -0.3 is 10.4 Å². The highest BCUT2D eigenvalue weighted by atomic mass is 35.5. The monoisotopic (exact) mass is 494 g/mol. The Morgan fingerprint density at radius 3 is 2.53 bits per heavy atom. The number of alkyl halides is 4. The van der Waals surface area contributed by atoms with Gasteiger partial charge in [0, 0.05) is 24.2 Å². The number of rotatable bonds is 5. The van der Waals surface area contributed by atoms with Crippen molar-refractivity contribution < 1.29 is 36.2 Å². The topological polar surface area (TPSA) is 95.9 Å². The summed E-state index contributed by atoms with van der Waals surface area (Å²) in [6.45, 7) is -0.0498. The van der Waals surface area contributed by atoms with Gasteiger partial charge >= 0.3 is 6.36 Å². The fourth-order valence-corrected chi connectivity index (χ4v) is 5.28. The molecule has 0 spiro atoms. The second-order valence-corrected chi connectivity index (χ2v) is 10.2. The average Bonchev–Trinajstić information content (AvgIpc) is 2.66. The van der Waals surface area contributed by atoms with Crippen LogP contribution < -0.4 is 5.32 Å². The number of aliphatic hydroxyl groups is 1. The predicted molar refractivity (Wildman–Crippen MR) is 112 cm³/mol. The minimum Gasteiger partial charge on any atom is -0.393 e.